The van der Waals surface area contributed by atoms with Crippen LogP contribution >= 0.6 is 11.6 Å². The molecule has 0 saturated carbocycles. The van der Waals surface area contributed by atoms with Crippen LogP contribution in [0.25, 0.3) is 0 Å². The van der Waals surface area contributed by atoms with Crippen molar-refractivity contribution < 1.29 is 4.79 Å². The van der Waals surface area contributed by atoms with E-state index in [1.807, 2.05) is 13.8 Å². The highest BCUT2D eigenvalue weighted by molar-refractivity contribution is 6.32. The van der Waals surface area contributed by atoms with Crippen LogP contribution in [0.2, 0.25) is 5.15 Å². The summed E-state index contributed by atoms with van der Waals surface area (Å²) in [5, 5.41) is 2.99. The minimum Gasteiger partial charge on any atom is -0.322 e. The predicted molar refractivity (Wildman–Crippen MR) is 65.5 cm³/mol. The summed E-state index contributed by atoms with van der Waals surface area (Å²) in [6, 6.07) is 1.29. The number of carbonyl (C=O) groups excluding carboxylic acids is 1. The fraction of sp³-hybridized carbons (Fsp3) is 0.455. The molecule has 3 N–H and O–H groups in total. The fourth-order valence-corrected chi connectivity index (χ4v) is 1.59. The second kappa shape index (κ2) is 5.82. The van der Waals surface area contributed by atoms with Crippen molar-refractivity contribution in [3.8, 4) is 0 Å². The molecule has 0 aliphatic carbocycles. The summed E-state index contributed by atoms with van der Waals surface area (Å²) in [5.74, 6) is -0.222. The van der Waals surface area contributed by atoms with Crippen LogP contribution in [0.5, 0.6) is 0 Å². The fourth-order valence-electron chi connectivity index (χ4n) is 1.33. The lowest BCUT2D eigenvalue weighted by Gasteiger charge is -2.13. The van der Waals surface area contributed by atoms with Crippen molar-refractivity contribution in [1.29, 1.82) is 0 Å². The van der Waals surface area contributed by atoms with Gasteiger partial charge in [0.05, 0.1) is 11.7 Å². The topological polar surface area (TPSA) is 68.0 Å². The molecule has 0 aliphatic heterocycles. The molecule has 1 atom stereocenters. The number of carbonyl (C=O) groups is 1. The average Bonchev–Trinajstić information content (AvgIpc) is 2.23. The Morgan fingerprint density at radius 2 is 2.38 bits per heavy atom. The number of aryl methyl sites for hydroxylation is 1. The third kappa shape index (κ3) is 3.18. The number of hydrogen-bond acceptors (Lipinski definition) is 3. The summed E-state index contributed by atoms with van der Waals surface area (Å²) in [6.07, 6.45) is 3.12. The van der Waals surface area contributed by atoms with Gasteiger partial charge in [-0.15, -0.1) is 0 Å². The average molecular weight is 242 g/mol. The molecular formula is C11H16ClN3O. The van der Waals surface area contributed by atoms with Crippen molar-refractivity contribution in [2.45, 2.75) is 32.7 Å². The summed E-state index contributed by atoms with van der Waals surface area (Å²) in [4.78, 5) is 15.6. The van der Waals surface area contributed by atoms with Crippen LogP contribution in [0, 0.1) is 6.92 Å². The predicted octanol–water partition coefficient (Wildman–Crippen LogP) is 2.11. The molecular weight excluding hydrogens is 226 g/mol. The third-order valence-electron chi connectivity index (χ3n) is 2.30. The highest BCUT2D eigenvalue weighted by atomic mass is 35.5. The summed E-state index contributed by atoms with van der Waals surface area (Å²) in [5.41, 5.74) is 7.11. The minimum absolute atomic E-state index is 0.222. The molecule has 0 fully saturated rings. The zero-order chi connectivity index (χ0) is 12.1. The van der Waals surface area contributed by atoms with Gasteiger partial charge in [-0.3, -0.25) is 4.79 Å². The Hall–Kier alpha value is -1.13. The first-order chi connectivity index (χ1) is 7.56. The van der Waals surface area contributed by atoms with Gasteiger partial charge >= 0.3 is 0 Å². The van der Waals surface area contributed by atoms with Crippen LogP contribution in [0.3, 0.4) is 0 Å². The Labute approximate surface area is 100 Å². The van der Waals surface area contributed by atoms with Crippen LogP contribution in [0.4, 0.5) is 5.69 Å². The molecule has 5 heteroatoms. The Morgan fingerprint density at radius 1 is 1.69 bits per heavy atom. The van der Waals surface area contributed by atoms with Gasteiger partial charge in [-0.2, -0.15) is 0 Å². The van der Waals surface area contributed by atoms with Crippen molar-refractivity contribution in [1.82, 2.24) is 4.98 Å². The molecule has 0 unspecified atom stereocenters. The van der Waals surface area contributed by atoms with Gasteiger partial charge in [-0.1, -0.05) is 24.9 Å². The number of halogens is 1. The molecule has 0 aromatic carbocycles. The Kier molecular flexibility index (Phi) is 4.71. The molecule has 0 saturated heterocycles. The normalized spacial score (nSPS) is 12.2. The van der Waals surface area contributed by atoms with E-state index in [4.69, 9.17) is 17.3 Å². The zero-order valence-electron chi connectivity index (χ0n) is 9.46. The van der Waals surface area contributed by atoms with Crippen LogP contribution in [0.1, 0.15) is 25.3 Å². The monoisotopic (exact) mass is 241 g/mol. The number of pyridine rings is 1. The van der Waals surface area contributed by atoms with E-state index in [2.05, 4.69) is 10.3 Å². The van der Waals surface area contributed by atoms with Crippen molar-refractivity contribution in [3.63, 3.8) is 0 Å². The molecule has 1 heterocycles. The van der Waals surface area contributed by atoms with E-state index in [-0.39, 0.29) is 11.1 Å². The van der Waals surface area contributed by atoms with Crippen molar-refractivity contribution in [2.75, 3.05) is 5.32 Å². The van der Waals surface area contributed by atoms with Gasteiger partial charge < -0.3 is 11.1 Å². The first-order valence-electron chi connectivity index (χ1n) is 5.23. The maximum absolute atomic E-state index is 11.7. The molecule has 16 heavy (non-hydrogen) atoms. The number of amides is 1. The molecule has 0 radical (unpaired) electrons. The highest BCUT2D eigenvalue weighted by Gasteiger charge is 2.15. The smallest absolute Gasteiger partial charge is 0.241 e. The number of anilines is 1. The Morgan fingerprint density at radius 3 is 2.94 bits per heavy atom. The molecule has 1 aromatic rings. The highest BCUT2D eigenvalue weighted by Crippen LogP contribution is 2.22. The standard InChI is InChI=1S/C11H16ClN3O/c1-3-4-8(13)11(16)15-9-7(2)5-6-14-10(9)12/h5-6,8H,3-4,13H2,1-2H3,(H,15,16)/t8-/m1/s1. The van der Waals surface area contributed by atoms with Crippen LogP contribution in [-0.2, 0) is 4.79 Å². The van der Waals surface area contributed by atoms with Gasteiger partial charge in [0.2, 0.25) is 5.91 Å². The van der Waals surface area contributed by atoms with Crippen LogP contribution < -0.4 is 11.1 Å². The number of rotatable bonds is 4. The number of nitrogens with one attached hydrogen (secondary N) is 1. The quantitative estimate of drug-likeness (QED) is 0.794. The van der Waals surface area contributed by atoms with Crippen molar-refractivity contribution >= 4 is 23.2 Å². The minimum atomic E-state index is -0.499. The van der Waals surface area contributed by atoms with Gasteiger partial charge in [-0.25, -0.2) is 4.98 Å². The Bertz CT molecular complexity index is 361. The maximum Gasteiger partial charge on any atom is 0.241 e. The summed E-state index contributed by atoms with van der Waals surface area (Å²) < 4.78 is 0. The van der Waals surface area contributed by atoms with Crippen LogP contribution in [0.15, 0.2) is 12.3 Å². The summed E-state index contributed by atoms with van der Waals surface area (Å²) in [7, 11) is 0. The molecule has 88 valence electrons. The Balaban J connectivity index is 2.77. The first-order valence-corrected chi connectivity index (χ1v) is 5.61. The van der Waals surface area contributed by atoms with E-state index in [9.17, 15) is 4.79 Å². The first kappa shape index (κ1) is 12.9. The van der Waals surface area contributed by atoms with Crippen molar-refractivity contribution in [2.24, 2.45) is 5.73 Å². The lowest BCUT2D eigenvalue weighted by molar-refractivity contribution is -0.117. The molecule has 0 aliphatic rings. The van der Waals surface area contributed by atoms with E-state index in [0.717, 1.165) is 12.0 Å². The molecule has 1 amide bonds. The van der Waals surface area contributed by atoms with E-state index < -0.39 is 6.04 Å². The number of aromatic nitrogens is 1. The van der Waals surface area contributed by atoms with Crippen molar-refractivity contribution in [3.05, 3.63) is 23.0 Å². The molecule has 0 bridgehead atoms. The van der Waals surface area contributed by atoms with Gasteiger partial charge in [-0.05, 0) is 25.0 Å². The number of nitrogens with zero attached hydrogens (tertiary/aromatic N) is 1. The second-order valence-corrected chi connectivity index (χ2v) is 4.04. The maximum atomic E-state index is 11.7. The van der Waals surface area contributed by atoms with Gasteiger partial charge in [0.1, 0.15) is 0 Å². The third-order valence-corrected chi connectivity index (χ3v) is 2.58. The number of hydrogen-bond donors (Lipinski definition) is 2. The SMILES string of the molecule is CCC[C@@H](N)C(=O)Nc1c(C)ccnc1Cl. The van der Waals surface area contributed by atoms with E-state index in [0.29, 0.717) is 12.1 Å². The van der Waals surface area contributed by atoms with Gasteiger partial charge in [0, 0.05) is 6.20 Å². The lowest BCUT2D eigenvalue weighted by atomic mass is 10.1. The summed E-state index contributed by atoms with van der Waals surface area (Å²) in [6.45, 7) is 3.84. The lowest BCUT2D eigenvalue weighted by Crippen LogP contribution is -2.35. The molecule has 1 aromatic heterocycles. The number of nitrogens with two attached hydrogens (primary N) is 1. The van der Waals surface area contributed by atoms with E-state index in [1.54, 1.807) is 12.3 Å². The molecule has 1 rings (SSSR count). The molecule has 0 spiro atoms. The second-order valence-electron chi connectivity index (χ2n) is 3.68. The largest absolute Gasteiger partial charge is 0.322 e. The van der Waals surface area contributed by atoms with Gasteiger partial charge in [0.15, 0.2) is 5.15 Å². The van der Waals surface area contributed by atoms with Crippen LogP contribution in [-0.4, -0.2) is 16.9 Å². The van der Waals surface area contributed by atoms with Gasteiger partial charge in [0.25, 0.3) is 0 Å². The zero-order valence-corrected chi connectivity index (χ0v) is 10.2. The van der Waals surface area contributed by atoms with E-state index >= 15 is 0 Å². The summed E-state index contributed by atoms with van der Waals surface area (Å²) >= 11 is 5.89. The molecule has 4 nitrogen and oxygen atoms in total. The van der Waals surface area contributed by atoms with E-state index in [1.165, 1.54) is 0 Å².